The SMILES string of the molecule is O=C(Cn1ncc2ccccc2c1=O)NCc1ccccc1Oc1ccccc1. The Labute approximate surface area is 167 Å². The van der Waals surface area contributed by atoms with E-state index in [0.29, 0.717) is 11.1 Å². The monoisotopic (exact) mass is 385 g/mol. The lowest BCUT2D eigenvalue weighted by atomic mass is 10.2. The quantitative estimate of drug-likeness (QED) is 0.551. The van der Waals surface area contributed by atoms with Gasteiger partial charge in [0.05, 0.1) is 11.6 Å². The maximum Gasteiger partial charge on any atom is 0.275 e. The summed E-state index contributed by atoms with van der Waals surface area (Å²) < 4.78 is 7.08. The molecule has 6 nitrogen and oxygen atoms in total. The molecule has 0 spiro atoms. The molecule has 1 N–H and O–H groups in total. The van der Waals surface area contributed by atoms with Crippen molar-refractivity contribution in [1.82, 2.24) is 15.1 Å². The first-order valence-corrected chi connectivity index (χ1v) is 9.23. The average molecular weight is 385 g/mol. The molecule has 0 unspecified atom stereocenters. The molecular weight excluding hydrogens is 366 g/mol. The number of nitrogens with one attached hydrogen (secondary N) is 1. The fraction of sp³-hybridized carbons (Fsp3) is 0.0870. The van der Waals surface area contributed by atoms with Crippen LogP contribution >= 0.6 is 0 Å². The van der Waals surface area contributed by atoms with Crippen molar-refractivity contribution in [3.05, 3.63) is 101 Å². The summed E-state index contributed by atoms with van der Waals surface area (Å²) in [6.07, 6.45) is 1.59. The zero-order chi connectivity index (χ0) is 20.1. The number of fused-ring (bicyclic) bond motifs is 1. The van der Waals surface area contributed by atoms with Gasteiger partial charge in [-0.2, -0.15) is 5.10 Å². The second-order valence-corrected chi connectivity index (χ2v) is 6.49. The summed E-state index contributed by atoms with van der Waals surface area (Å²) in [6.45, 7) is 0.134. The third-order valence-electron chi connectivity index (χ3n) is 4.47. The molecule has 0 aliphatic heterocycles. The van der Waals surface area contributed by atoms with Crippen LogP contribution < -0.4 is 15.6 Å². The number of benzene rings is 3. The Kier molecular flexibility index (Phi) is 5.33. The third-order valence-corrected chi connectivity index (χ3v) is 4.47. The predicted octanol–water partition coefficient (Wildman–Crippen LogP) is 3.51. The van der Waals surface area contributed by atoms with Gasteiger partial charge >= 0.3 is 0 Å². The molecule has 4 aromatic rings. The minimum Gasteiger partial charge on any atom is -0.457 e. The largest absolute Gasteiger partial charge is 0.457 e. The summed E-state index contributed by atoms with van der Waals surface area (Å²) in [5, 5.41) is 8.21. The van der Waals surface area contributed by atoms with E-state index in [2.05, 4.69) is 10.4 Å². The number of amides is 1. The molecule has 4 rings (SSSR count). The smallest absolute Gasteiger partial charge is 0.275 e. The van der Waals surface area contributed by atoms with Crippen molar-refractivity contribution in [1.29, 1.82) is 0 Å². The van der Waals surface area contributed by atoms with E-state index >= 15 is 0 Å². The molecule has 0 bridgehead atoms. The molecule has 0 radical (unpaired) electrons. The van der Waals surface area contributed by atoms with Crippen LogP contribution in [0.25, 0.3) is 10.8 Å². The topological polar surface area (TPSA) is 73.2 Å². The van der Waals surface area contributed by atoms with Gasteiger partial charge in [-0.05, 0) is 24.3 Å². The van der Waals surface area contributed by atoms with E-state index in [-0.39, 0.29) is 24.6 Å². The highest BCUT2D eigenvalue weighted by Crippen LogP contribution is 2.24. The Morgan fingerprint density at radius 3 is 2.52 bits per heavy atom. The van der Waals surface area contributed by atoms with E-state index in [9.17, 15) is 9.59 Å². The molecular formula is C23H19N3O3. The Bertz CT molecular complexity index is 1200. The van der Waals surface area contributed by atoms with Crippen LogP contribution in [0.15, 0.2) is 89.9 Å². The van der Waals surface area contributed by atoms with Crippen molar-refractivity contribution in [3.63, 3.8) is 0 Å². The molecule has 0 atom stereocenters. The van der Waals surface area contributed by atoms with Crippen molar-refractivity contribution in [3.8, 4) is 11.5 Å². The van der Waals surface area contributed by atoms with Gasteiger partial charge in [0.25, 0.3) is 5.56 Å². The van der Waals surface area contributed by atoms with Crippen molar-refractivity contribution < 1.29 is 9.53 Å². The first-order chi connectivity index (χ1) is 14.2. The van der Waals surface area contributed by atoms with Gasteiger partial charge in [-0.3, -0.25) is 9.59 Å². The van der Waals surface area contributed by atoms with Gasteiger partial charge in [-0.25, -0.2) is 4.68 Å². The molecule has 3 aromatic carbocycles. The molecule has 1 heterocycles. The van der Waals surface area contributed by atoms with Gasteiger partial charge in [0.2, 0.25) is 5.91 Å². The van der Waals surface area contributed by atoms with Gasteiger partial charge in [0.1, 0.15) is 18.0 Å². The maximum absolute atomic E-state index is 12.5. The van der Waals surface area contributed by atoms with Crippen molar-refractivity contribution in [2.24, 2.45) is 0 Å². The summed E-state index contributed by atoms with van der Waals surface area (Å²) in [4.78, 5) is 24.9. The van der Waals surface area contributed by atoms with Crippen molar-refractivity contribution in [2.45, 2.75) is 13.1 Å². The highest BCUT2D eigenvalue weighted by Gasteiger charge is 2.10. The molecule has 6 heteroatoms. The van der Waals surface area contributed by atoms with Crippen LogP contribution in [0, 0.1) is 0 Å². The van der Waals surface area contributed by atoms with E-state index in [4.69, 9.17) is 4.74 Å². The van der Waals surface area contributed by atoms with Gasteiger partial charge in [0.15, 0.2) is 0 Å². The van der Waals surface area contributed by atoms with Crippen LogP contribution in [0.4, 0.5) is 0 Å². The molecule has 144 valence electrons. The zero-order valence-electron chi connectivity index (χ0n) is 15.6. The number of ether oxygens (including phenoxy) is 1. The van der Waals surface area contributed by atoms with Crippen LogP contribution in [0.2, 0.25) is 0 Å². The summed E-state index contributed by atoms with van der Waals surface area (Å²) in [5.74, 6) is 1.09. The molecule has 0 saturated heterocycles. The lowest BCUT2D eigenvalue weighted by Crippen LogP contribution is -2.33. The summed E-state index contributed by atoms with van der Waals surface area (Å²) >= 11 is 0. The summed E-state index contributed by atoms with van der Waals surface area (Å²) in [6, 6.07) is 24.1. The number of hydrogen-bond acceptors (Lipinski definition) is 4. The second-order valence-electron chi connectivity index (χ2n) is 6.49. The fourth-order valence-corrected chi connectivity index (χ4v) is 2.99. The predicted molar refractivity (Wildman–Crippen MR) is 111 cm³/mol. The van der Waals surface area contributed by atoms with E-state index in [1.165, 1.54) is 4.68 Å². The normalized spacial score (nSPS) is 10.6. The summed E-state index contributed by atoms with van der Waals surface area (Å²) in [7, 11) is 0. The van der Waals surface area contributed by atoms with Crippen LogP contribution in [0.5, 0.6) is 11.5 Å². The minimum atomic E-state index is -0.301. The van der Waals surface area contributed by atoms with Crippen LogP contribution in [-0.4, -0.2) is 15.7 Å². The molecule has 0 fully saturated rings. The lowest BCUT2D eigenvalue weighted by molar-refractivity contribution is -0.122. The number of nitrogens with zero attached hydrogens (tertiary/aromatic N) is 2. The fourth-order valence-electron chi connectivity index (χ4n) is 2.99. The third kappa shape index (κ3) is 4.32. The van der Waals surface area contributed by atoms with E-state index in [1.54, 1.807) is 18.3 Å². The van der Waals surface area contributed by atoms with Crippen LogP contribution in [0.1, 0.15) is 5.56 Å². The van der Waals surface area contributed by atoms with Crippen LogP contribution in [0.3, 0.4) is 0 Å². The van der Waals surface area contributed by atoms with Crippen LogP contribution in [-0.2, 0) is 17.9 Å². The zero-order valence-corrected chi connectivity index (χ0v) is 15.6. The number of carbonyl (C=O) groups excluding carboxylic acids is 1. The van der Waals surface area contributed by atoms with E-state index < -0.39 is 0 Å². The Hall–Kier alpha value is -3.93. The first kappa shape index (κ1) is 18.4. The van der Waals surface area contributed by atoms with E-state index in [1.807, 2.05) is 66.7 Å². The number of aromatic nitrogens is 2. The Morgan fingerprint density at radius 2 is 1.66 bits per heavy atom. The highest BCUT2D eigenvalue weighted by molar-refractivity contribution is 5.81. The highest BCUT2D eigenvalue weighted by atomic mass is 16.5. The Balaban J connectivity index is 1.44. The molecule has 1 amide bonds. The van der Waals surface area contributed by atoms with Gasteiger partial charge in [-0.1, -0.05) is 54.6 Å². The second kappa shape index (κ2) is 8.39. The van der Waals surface area contributed by atoms with E-state index in [0.717, 1.165) is 16.7 Å². The number of rotatable bonds is 6. The van der Waals surface area contributed by atoms with Gasteiger partial charge in [-0.15, -0.1) is 0 Å². The number of para-hydroxylation sites is 2. The lowest BCUT2D eigenvalue weighted by Gasteiger charge is -2.12. The number of hydrogen-bond donors (Lipinski definition) is 1. The number of carbonyl (C=O) groups is 1. The first-order valence-electron chi connectivity index (χ1n) is 9.23. The average Bonchev–Trinajstić information content (AvgIpc) is 2.76. The van der Waals surface area contributed by atoms with Crippen molar-refractivity contribution in [2.75, 3.05) is 0 Å². The Morgan fingerprint density at radius 1 is 0.931 bits per heavy atom. The molecule has 0 aliphatic carbocycles. The van der Waals surface area contributed by atoms with Gasteiger partial charge < -0.3 is 10.1 Å². The maximum atomic E-state index is 12.5. The standard InChI is InChI=1S/C23H19N3O3/c27-22(16-26-23(28)20-12-6-4-8-17(20)15-25-26)24-14-18-9-5-7-13-21(18)29-19-10-2-1-3-11-19/h1-13,15H,14,16H2,(H,24,27). The molecule has 0 aliphatic rings. The summed E-state index contributed by atoms with van der Waals surface area (Å²) in [5.41, 5.74) is 0.551. The minimum absolute atomic E-state index is 0.147. The van der Waals surface area contributed by atoms with Gasteiger partial charge in [0, 0.05) is 17.5 Å². The van der Waals surface area contributed by atoms with Crippen molar-refractivity contribution >= 4 is 16.7 Å². The molecule has 29 heavy (non-hydrogen) atoms. The molecule has 0 saturated carbocycles. The molecule has 1 aromatic heterocycles.